The first kappa shape index (κ1) is 17.4. The first-order chi connectivity index (χ1) is 12.0. The van der Waals surface area contributed by atoms with Gasteiger partial charge in [-0.2, -0.15) is 0 Å². The number of nitrogens with two attached hydrogens (primary N) is 1. The molecule has 5 nitrogen and oxygen atoms in total. The molecule has 1 heterocycles. The Morgan fingerprint density at radius 1 is 1.28 bits per heavy atom. The molecule has 1 amide bonds. The standard InChI is InChI=1S/C20H26N4O/c1-4-6-17-19(24-20(25)12(3)5-2)23-16-10-7-13-11-14(21)8-9-15(13)18(16)22-17/h8-9,11-12H,4-7,10,21H2,1-3H3,(H,23,24,25). The third kappa shape index (κ3) is 3.50. The molecule has 0 fully saturated rings. The van der Waals surface area contributed by atoms with E-state index in [0.29, 0.717) is 5.82 Å². The number of anilines is 2. The van der Waals surface area contributed by atoms with Crippen molar-refractivity contribution in [2.75, 3.05) is 11.1 Å². The van der Waals surface area contributed by atoms with Crippen LogP contribution in [0.3, 0.4) is 0 Å². The van der Waals surface area contributed by atoms with E-state index < -0.39 is 0 Å². The van der Waals surface area contributed by atoms with E-state index in [1.807, 2.05) is 32.0 Å². The molecule has 0 spiro atoms. The highest BCUT2D eigenvalue weighted by Crippen LogP contribution is 2.34. The summed E-state index contributed by atoms with van der Waals surface area (Å²) in [5, 5.41) is 3.00. The molecular formula is C20H26N4O. The van der Waals surface area contributed by atoms with Crippen LogP contribution in [-0.2, 0) is 24.1 Å². The molecule has 25 heavy (non-hydrogen) atoms. The number of carbonyl (C=O) groups is 1. The van der Waals surface area contributed by atoms with Crippen molar-refractivity contribution in [3.8, 4) is 11.3 Å². The molecule has 2 aromatic rings. The summed E-state index contributed by atoms with van der Waals surface area (Å²) in [5.41, 5.74) is 11.8. The molecule has 0 radical (unpaired) electrons. The number of hydrogen-bond donors (Lipinski definition) is 2. The van der Waals surface area contributed by atoms with Crippen molar-refractivity contribution in [2.45, 2.75) is 52.9 Å². The second-order valence-corrected chi connectivity index (χ2v) is 6.78. The lowest BCUT2D eigenvalue weighted by molar-refractivity contribution is -0.119. The summed E-state index contributed by atoms with van der Waals surface area (Å²) in [7, 11) is 0. The number of rotatable bonds is 5. The fourth-order valence-corrected chi connectivity index (χ4v) is 3.14. The summed E-state index contributed by atoms with van der Waals surface area (Å²) in [6.07, 6.45) is 4.27. The number of nitrogens with one attached hydrogen (secondary N) is 1. The van der Waals surface area contributed by atoms with E-state index in [9.17, 15) is 4.79 Å². The summed E-state index contributed by atoms with van der Waals surface area (Å²) in [6.45, 7) is 6.05. The minimum absolute atomic E-state index is 0.0121. The number of aryl methyl sites for hydroxylation is 3. The van der Waals surface area contributed by atoms with Gasteiger partial charge in [-0.1, -0.05) is 33.3 Å². The lowest BCUT2D eigenvalue weighted by atomic mass is 9.91. The third-order valence-electron chi connectivity index (χ3n) is 4.84. The van der Waals surface area contributed by atoms with Gasteiger partial charge < -0.3 is 11.1 Å². The van der Waals surface area contributed by atoms with Crippen LogP contribution < -0.4 is 11.1 Å². The van der Waals surface area contributed by atoms with Gasteiger partial charge in [-0.05, 0) is 43.4 Å². The molecule has 0 bridgehead atoms. The fraction of sp³-hybridized carbons (Fsp3) is 0.450. The monoisotopic (exact) mass is 338 g/mol. The molecule has 0 saturated carbocycles. The topological polar surface area (TPSA) is 80.9 Å². The van der Waals surface area contributed by atoms with Crippen molar-refractivity contribution >= 4 is 17.4 Å². The van der Waals surface area contributed by atoms with Gasteiger partial charge in [0.2, 0.25) is 5.91 Å². The van der Waals surface area contributed by atoms with Crippen molar-refractivity contribution in [1.29, 1.82) is 0 Å². The predicted molar refractivity (Wildman–Crippen MR) is 101 cm³/mol. The molecule has 1 aliphatic rings. The number of aromatic nitrogens is 2. The van der Waals surface area contributed by atoms with Crippen LogP contribution in [0.15, 0.2) is 18.2 Å². The number of benzene rings is 1. The van der Waals surface area contributed by atoms with Gasteiger partial charge in [0, 0.05) is 17.2 Å². The third-order valence-corrected chi connectivity index (χ3v) is 4.84. The Hall–Kier alpha value is -2.43. The second-order valence-electron chi connectivity index (χ2n) is 6.78. The summed E-state index contributed by atoms with van der Waals surface area (Å²) < 4.78 is 0. The SMILES string of the molecule is CCCc1nc2c(nc1NC(=O)C(C)CC)CCc1cc(N)ccc1-2. The molecule has 1 aromatic carbocycles. The zero-order valence-electron chi connectivity index (χ0n) is 15.2. The average molecular weight is 338 g/mol. The highest BCUT2D eigenvalue weighted by molar-refractivity contribution is 5.92. The maximum atomic E-state index is 12.3. The smallest absolute Gasteiger partial charge is 0.228 e. The van der Waals surface area contributed by atoms with E-state index in [-0.39, 0.29) is 11.8 Å². The van der Waals surface area contributed by atoms with Crippen LogP contribution in [0.4, 0.5) is 11.5 Å². The highest BCUT2D eigenvalue weighted by Gasteiger charge is 2.23. The van der Waals surface area contributed by atoms with Crippen molar-refractivity contribution < 1.29 is 4.79 Å². The fourth-order valence-electron chi connectivity index (χ4n) is 3.14. The lowest BCUT2D eigenvalue weighted by Gasteiger charge is -2.21. The quantitative estimate of drug-likeness (QED) is 0.813. The van der Waals surface area contributed by atoms with Crippen molar-refractivity contribution in [3.05, 3.63) is 35.2 Å². The average Bonchev–Trinajstić information content (AvgIpc) is 2.61. The lowest BCUT2D eigenvalue weighted by Crippen LogP contribution is -2.23. The van der Waals surface area contributed by atoms with Crippen LogP contribution in [-0.4, -0.2) is 15.9 Å². The minimum atomic E-state index is -0.0315. The zero-order valence-corrected chi connectivity index (χ0v) is 15.2. The molecule has 1 aliphatic carbocycles. The minimum Gasteiger partial charge on any atom is -0.399 e. The van der Waals surface area contributed by atoms with Crippen molar-refractivity contribution in [3.63, 3.8) is 0 Å². The van der Waals surface area contributed by atoms with Gasteiger partial charge in [0.25, 0.3) is 0 Å². The molecule has 0 aliphatic heterocycles. The summed E-state index contributed by atoms with van der Waals surface area (Å²) >= 11 is 0. The number of nitrogen functional groups attached to an aromatic ring is 1. The molecule has 1 unspecified atom stereocenters. The van der Waals surface area contributed by atoms with Gasteiger partial charge in [0.05, 0.1) is 17.1 Å². The van der Waals surface area contributed by atoms with E-state index in [4.69, 9.17) is 15.7 Å². The van der Waals surface area contributed by atoms with E-state index in [1.165, 1.54) is 5.56 Å². The molecule has 1 atom stereocenters. The Morgan fingerprint density at radius 3 is 2.80 bits per heavy atom. The first-order valence-corrected chi connectivity index (χ1v) is 9.12. The first-order valence-electron chi connectivity index (χ1n) is 9.12. The Bertz CT molecular complexity index is 801. The summed E-state index contributed by atoms with van der Waals surface area (Å²) in [4.78, 5) is 22.0. The van der Waals surface area contributed by atoms with Crippen LogP contribution in [0.5, 0.6) is 0 Å². The Labute approximate surface area is 149 Å². The number of carbonyl (C=O) groups excluding carboxylic acids is 1. The Morgan fingerprint density at radius 2 is 2.08 bits per heavy atom. The van der Waals surface area contributed by atoms with Crippen LogP contribution in [0.25, 0.3) is 11.3 Å². The second kappa shape index (κ2) is 7.21. The van der Waals surface area contributed by atoms with Gasteiger partial charge in [-0.25, -0.2) is 9.97 Å². The predicted octanol–water partition coefficient (Wildman–Crippen LogP) is 3.76. The normalized spacial score (nSPS) is 13.7. The molecular weight excluding hydrogens is 312 g/mol. The number of fused-ring (bicyclic) bond motifs is 3. The van der Waals surface area contributed by atoms with Gasteiger partial charge in [-0.3, -0.25) is 4.79 Å². The Balaban J connectivity index is 2.03. The van der Waals surface area contributed by atoms with E-state index in [0.717, 1.165) is 60.4 Å². The molecule has 132 valence electrons. The molecule has 5 heteroatoms. The van der Waals surface area contributed by atoms with Gasteiger partial charge in [0.15, 0.2) is 5.82 Å². The van der Waals surface area contributed by atoms with Crippen LogP contribution in [0.2, 0.25) is 0 Å². The van der Waals surface area contributed by atoms with Crippen molar-refractivity contribution in [2.24, 2.45) is 5.92 Å². The van der Waals surface area contributed by atoms with Gasteiger partial charge in [-0.15, -0.1) is 0 Å². The molecule has 3 rings (SSSR count). The maximum Gasteiger partial charge on any atom is 0.228 e. The van der Waals surface area contributed by atoms with E-state index >= 15 is 0 Å². The van der Waals surface area contributed by atoms with Crippen LogP contribution in [0.1, 0.15) is 50.6 Å². The van der Waals surface area contributed by atoms with E-state index in [1.54, 1.807) is 0 Å². The van der Waals surface area contributed by atoms with Crippen LogP contribution in [0, 0.1) is 5.92 Å². The maximum absolute atomic E-state index is 12.3. The Kier molecular flexibility index (Phi) is 5.02. The molecule has 0 saturated heterocycles. The van der Waals surface area contributed by atoms with Gasteiger partial charge in [0.1, 0.15) is 0 Å². The number of amides is 1. The number of nitrogens with zero attached hydrogens (tertiary/aromatic N) is 2. The largest absolute Gasteiger partial charge is 0.399 e. The molecule has 3 N–H and O–H groups in total. The zero-order chi connectivity index (χ0) is 18.0. The summed E-state index contributed by atoms with van der Waals surface area (Å²) in [5.74, 6) is 0.610. The van der Waals surface area contributed by atoms with Gasteiger partial charge >= 0.3 is 0 Å². The van der Waals surface area contributed by atoms with Crippen LogP contribution >= 0.6 is 0 Å². The van der Waals surface area contributed by atoms with E-state index in [2.05, 4.69) is 12.2 Å². The highest BCUT2D eigenvalue weighted by atomic mass is 16.1. The summed E-state index contributed by atoms with van der Waals surface area (Å²) in [6, 6.07) is 5.97. The number of hydrogen-bond acceptors (Lipinski definition) is 4. The van der Waals surface area contributed by atoms with Crippen molar-refractivity contribution in [1.82, 2.24) is 9.97 Å². The molecule has 1 aromatic heterocycles.